The van der Waals surface area contributed by atoms with Gasteiger partial charge in [-0.25, -0.2) is 0 Å². The predicted octanol–water partition coefficient (Wildman–Crippen LogP) is 1.49. The van der Waals surface area contributed by atoms with Gasteiger partial charge in [0.15, 0.2) is 0 Å². The molecule has 2 amide bonds. The van der Waals surface area contributed by atoms with Crippen molar-refractivity contribution in [2.75, 3.05) is 6.54 Å². The average Bonchev–Trinajstić information content (AvgIpc) is 2.60. The maximum absolute atomic E-state index is 11.5. The van der Waals surface area contributed by atoms with Crippen LogP contribution in [0.4, 0.5) is 0 Å². The van der Waals surface area contributed by atoms with Gasteiger partial charge in [-0.15, -0.1) is 0 Å². The molecule has 0 spiro atoms. The Morgan fingerprint density at radius 2 is 1.83 bits per heavy atom. The minimum Gasteiger partial charge on any atom is -0.387 e. The van der Waals surface area contributed by atoms with Crippen molar-refractivity contribution in [2.45, 2.75) is 32.8 Å². The lowest BCUT2D eigenvalue weighted by molar-refractivity contribution is -0.140. The molecule has 1 unspecified atom stereocenters. The molecule has 1 fully saturated rings. The van der Waals surface area contributed by atoms with Crippen LogP contribution in [0.25, 0.3) is 0 Å². The number of carbonyl (C=O) groups is 2. The third-order valence-electron chi connectivity index (χ3n) is 3.29. The second-order valence-corrected chi connectivity index (χ2v) is 4.77. The zero-order valence-corrected chi connectivity index (χ0v) is 10.6. The Bertz CT molecular complexity index is 480. The van der Waals surface area contributed by atoms with Crippen LogP contribution in [0.15, 0.2) is 18.2 Å². The number of aliphatic hydroxyl groups excluding tert-OH is 1. The fourth-order valence-corrected chi connectivity index (χ4v) is 2.30. The summed E-state index contributed by atoms with van der Waals surface area (Å²) in [6.07, 6.45) is -0.284. The van der Waals surface area contributed by atoms with Gasteiger partial charge in [0.1, 0.15) is 0 Å². The van der Waals surface area contributed by atoms with Crippen molar-refractivity contribution >= 4 is 11.8 Å². The van der Waals surface area contributed by atoms with Crippen molar-refractivity contribution in [2.24, 2.45) is 0 Å². The summed E-state index contributed by atoms with van der Waals surface area (Å²) in [6, 6.07) is 5.74. The van der Waals surface area contributed by atoms with Crippen LogP contribution in [0.2, 0.25) is 0 Å². The summed E-state index contributed by atoms with van der Waals surface area (Å²) in [7, 11) is 0. The van der Waals surface area contributed by atoms with Crippen LogP contribution in [-0.4, -0.2) is 28.4 Å². The van der Waals surface area contributed by atoms with Gasteiger partial charge < -0.3 is 5.11 Å². The number of aryl methyl sites for hydroxylation is 2. The summed E-state index contributed by atoms with van der Waals surface area (Å²) < 4.78 is 0. The molecule has 1 aliphatic heterocycles. The fraction of sp³-hybridized carbons (Fsp3) is 0.429. The summed E-state index contributed by atoms with van der Waals surface area (Å²) >= 11 is 0. The zero-order chi connectivity index (χ0) is 13.3. The van der Waals surface area contributed by atoms with Crippen LogP contribution >= 0.6 is 0 Å². The zero-order valence-electron chi connectivity index (χ0n) is 10.6. The lowest BCUT2D eigenvalue weighted by atomic mass is 10.0. The standard InChI is InChI=1S/C14H17NO3/c1-9-3-4-11(10(2)7-9)12(16)8-15-13(17)5-6-14(15)18/h3-4,7,12,16H,5-6,8H2,1-2H3. The van der Waals surface area contributed by atoms with Crippen LogP contribution in [0.1, 0.15) is 35.6 Å². The van der Waals surface area contributed by atoms with E-state index in [2.05, 4.69) is 0 Å². The number of hydrogen-bond acceptors (Lipinski definition) is 3. The Kier molecular flexibility index (Phi) is 3.48. The molecule has 0 aliphatic carbocycles. The second kappa shape index (κ2) is 4.90. The number of aliphatic hydroxyl groups is 1. The molecule has 1 N–H and O–H groups in total. The van der Waals surface area contributed by atoms with E-state index in [0.29, 0.717) is 0 Å². The molecule has 0 aromatic heterocycles. The first-order chi connectivity index (χ1) is 8.49. The molecule has 1 aromatic rings. The highest BCUT2D eigenvalue weighted by atomic mass is 16.3. The number of rotatable bonds is 3. The van der Waals surface area contributed by atoms with Gasteiger partial charge in [0.2, 0.25) is 11.8 Å². The van der Waals surface area contributed by atoms with E-state index < -0.39 is 6.10 Å². The number of hydrogen-bond donors (Lipinski definition) is 1. The van der Waals surface area contributed by atoms with E-state index in [4.69, 9.17) is 0 Å². The molecule has 1 aliphatic rings. The first-order valence-electron chi connectivity index (χ1n) is 6.07. The van der Waals surface area contributed by atoms with E-state index >= 15 is 0 Å². The Labute approximate surface area is 106 Å². The Morgan fingerprint density at radius 3 is 2.39 bits per heavy atom. The summed E-state index contributed by atoms with van der Waals surface area (Å²) in [5.41, 5.74) is 2.87. The molecule has 0 radical (unpaired) electrons. The first kappa shape index (κ1) is 12.8. The summed E-state index contributed by atoms with van der Waals surface area (Å²) in [6.45, 7) is 3.96. The molecule has 1 aromatic carbocycles. The summed E-state index contributed by atoms with van der Waals surface area (Å²) in [5.74, 6) is -0.382. The highest BCUT2D eigenvalue weighted by Crippen LogP contribution is 2.22. The fourth-order valence-electron chi connectivity index (χ4n) is 2.30. The largest absolute Gasteiger partial charge is 0.387 e. The third kappa shape index (κ3) is 2.43. The molecule has 0 saturated carbocycles. The van der Waals surface area contributed by atoms with Crippen LogP contribution in [0.5, 0.6) is 0 Å². The van der Waals surface area contributed by atoms with Gasteiger partial charge in [-0.3, -0.25) is 14.5 Å². The third-order valence-corrected chi connectivity index (χ3v) is 3.29. The molecule has 4 nitrogen and oxygen atoms in total. The second-order valence-electron chi connectivity index (χ2n) is 4.77. The van der Waals surface area contributed by atoms with Gasteiger partial charge in [0, 0.05) is 12.8 Å². The number of benzene rings is 1. The lowest BCUT2D eigenvalue weighted by Crippen LogP contribution is -2.33. The smallest absolute Gasteiger partial charge is 0.229 e. The van der Waals surface area contributed by atoms with Crippen LogP contribution < -0.4 is 0 Å². The van der Waals surface area contributed by atoms with Crippen molar-refractivity contribution in [3.8, 4) is 0 Å². The number of imide groups is 1. The van der Waals surface area contributed by atoms with Crippen LogP contribution in [-0.2, 0) is 9.59 Å². The molecule has 96 valence electrons. The summed E-state index contributed by atoms with van der Waals surface area (Å²) in [4.78, 5) is 24.1. The molecule has 0 bridgehead atoms. The molecule has 18 heavy (non-hydrogen) atoms. The van der Waals surface area contributed by atoms with Gasteiger partial charge in [-0.05, 0) is 25.0 Å². The van der Waals surface area contributed by atoms with Crippen LogP contribution in [0, 0.1) is 13.8 Å². The van der Waals surface area contributed by atoms with Gasteiger partial charge in [-0.2, -0.15) is 0 Å². The number of carbonyl (C=O) groups excluding carboxylic acids is 2. The number of β-amino-alcohol motifs (C(OH)–C–C–N with tert-alkyl or cyclic N) is 1. The first-order valence-corrected chi connectivity index (χ1v) is 6.07. The van der Waals surface area contributed by atoms with Crippen LogP contribution in [0.3, 0.4) is 0 Å². The van der Waals surface area contributed by atoms with Gasteiger partial charge in [0.25, 0.3) is 0 Å². The molecular weight excluding hydrogens is 230 g/mol. The minimum atomic E-state index is -0.809. The van der Waals surface area contributed by atoms with E-state index in [1.807, 2.05) is 32.0 Å². The SMILES string of the molecule is Cc1ccc(C(O)CN2C(=O)CCC2=O)c(C)c1. The number of amides is 2. The van der Waals surface area contributed by atoms with E-state index in [-0.39, 0.29) is 31.2 Å². The molecule has 2 rings (SSSR count). The van der Waals surface area contributed by atoms with Crippen molar-refractivity contribution in [1.82, 2.24) is 4.90 Å². The van der Waals surface area contributed by atoms with Gasteiger partial charge >= 0.3 is 0 Å². The molecule has 1 atom stereocenters. The highest BCUT2D eigenvalue weighted by Gasteiger charge is 2.30. The maximum Gasteiger partial charge on any atom is 0.229 e. The topological polar surface area (TPSA) is 57.6 Å². The van der Waals surface area contributed by atoms with E-state index in [0.717, 1.165) is 21.6 Å². The van der Waals surface area contributed by atoms with E-state index in [1.165, 1.54) is 0 Å². The Hall–Kier alpha value is -1.68. The van der Waals surface area contributed by atoms with Gasteiger partial charge in [0.05, 0.1) is 12.6 Å². The molecular formula is C14H17NO3. The number of nitrogens with zero attached hydrogens (tertiary/aromatic N) is 1. The molecule has 1 heterocycles. The van der Waals surface area contributed by atoms with Crippen molar-refractivity contribution < 1.29 is 14.7 Å². The maximum atomic E-state index is 11.5. The molecule has 4 heteroatoms. The highest BCUT2D eigenvalue weighted by molar-refractivity contribution is 6.01. The average molecular weight is 247 g/mol. The Balaban J connectivity index is 2.14. The van der Waals surface area contributed by atoms with E-state index in [9.17, 15) is 14.7 Å². The van der Waals surface area contributed by atoms with E-state index in [1.54, 1.807) is 0 Å². The van der Waals surface area contributed by atoms with Crippen molar-refractivity contribution in [3.05, 3.63) is 34.9 Å². The quantitative estimate of drug-likeness (QED) is 0.823. The number of likely N-dealkylation sites (tertiary alicyclic amines) is 1. The Morgan fingerprint density at radius 1 is 1.22 bits per heavy atom. The van der Waals surface area contributed by atoms with Crippen molar-refractivity contribution in [1.29, 1.82) is 0 Å². The monoisotopic (exact) mass is 247 g/mol. The molecule has 1 saturated heterocycles. The normalized spacial score (nSPS) is 17.4. The lowest BCUT2D eigenvalue weighted by Gasteiger charge is -2.20. The predicted molar refractivity (Wildman–Crippen MR) is 66.8 cm³/mol. The van der Waals surface area contributed by atoms with Gasteiger partial charge in [-0.1, -0.05) is 23.8 Å². The van der Waals surface area contributed by atoms with Crippen molar-refractivity contribution in [3.63, 3.8) is 0 Å². The summed E-state index contributed by atoms with van der Waals surface area (Å²) in [5, 5.41) is 10.1. The minimum absolute atomic E-state index is 0.0571.